The van der Waals surface area contributed by atoms with E-state index in [0.717, 1.165) is 19.4 Å². The van der Waals surface area contributed by atoms with Crippen molar-refractivity contribution in [1.82, 2.24) is 0 Å². The summed E-state index contributed by atoms with van der Waals surface area (Å²) < 4.78 is 32.3. The summed E-state index contributed by atoms with van der Waals surface area (Å²) in [5.41, 5.74) is 0. The Balaban J connectivity index is 3.56. The molecular weight excluding hydrogens is 230 g/mol. The standard InChI is InChI=1S/C10H23NO4S/c1-3-5-14-6-7-15-8-10(4-2)9-16(11,12)13/h10H,3-9H2,1-2H3,(H2,11,12,13). The van der Waals surface area contributed by atoms with Crippen LogP contribution in [0.1, 0.15) is 26.7 Å². The summed E-state index contributed by atoms with van der Waals surface area (Å²) in [5.74, 6) is -0.0413. The molecule has 98 valence electrons. The number of nitrogens with two attached hydrogens (primary N) is 1. The van der Waals surface area contributed by atoms with Gasteiger partial charge in [-0.1, -0.05) is 20.3 Å². The highest BCUT2D eigenvalue weighted by molar-refractivity contribution is 7.89. The summed E-state index contributed by atoms with van der Waals surface area (Å²) in [5, 5.41) is 4.97. The second-order valence-corrected chi connectivity index (χ2v) is 5.45. The zero-order valence-corrected chi connectivity index (χ0v) is 11.0. The van der Waals surface area contributed by atoms with Gasteiger partial charge in [0.1, 0.15) is 0 Å². The maximum absolute atomic E-state index is 10.9. The minimum atomic E-state index is -3.40. The molecule has 0 radical (unpaired) electrons. The van der Waals surface area contributed by atoms with Crippen LogP contribution >= 0.6 is 0 Å². The fraction of sp³-hybridized carbons (Fsp3) is 1.00. The topological polar surface area (TPSA) is 78.6 Å². The average Bonchev–Trinajstić information content (AvgIpc) is 2.19. The summed E-state index contributed by atoms with van der Waals surface area (Å²) in [6.07, 6.45) is 1.73. The van der Waals surface area contributed by atoms with Crippen molar-refractivity contribution < 1.29 is 17.9 Å². The van der Waals surface area contributed by atoms with Crippen LogP contribution in [0.5, 0.6) is 0 Å². The van der Waals surface area contributed by atoms with E-state index in [1.807, 2.05) is 13.8 Å². The van der Waals surface area contributed by atoms with E-state index in [2.05, 4.69) is 0 Å². The first-order valence-electron chi connectivity index (χ1n) is 5.65. The van der Waals surface area contributed by atoms with E-state index >= 15 is 0 Å². The molecule has 0 heterocycles. The number of primary sulfonamides is 1. The van der Waals surface area contributed by atoms with Crippen LogP contribution in [0.2, 0.25) is 0 Å². The molecule has 0 saturated carbocycles. The van der Waals surface area contributed by atoms with Crippen molar-refractivity contribution in [3.63, 3.8) is 0 Å². The Labute approximate surface area is 98.4 Å². The Hall–Kier alpha value is -0.170. The highest BCUT2D eigenvalue weighted by Gasteiger charge is 2.13. The molecule has 16 heavy (non-hydrogen) atoms. The van der Waals surface area contributed by atoms with E-state index in [0.29, 0.717) is 19.8 Å². The molecule has 0 aromatic carbocycles. The van der Waals surface area contributed by atoms with E-state index in [4.69, 9.17) is 14.6 Å². The molecule has 0 aromatic heterocycles. The molecule has 2 N–H and O–H groups in total. The second-order valence-electron chi connectivity index (χ2n) is 3.79. The molecule has 0 aliphatic carbocycles. The van der Waals surface area contributed by atoms with Gasteiger partial charge in [0.25, 0.3) is 0 Å². The normalized spacial score (nSPS) is 13.9. The van der Waals surface area contributed by atoms with E-state index in [-0.39, 0.29) is 11.7 Å². The molecule has 5 nitrogen and oxygen atoms in total. The molecule has 1 unspecified atom stereocenters. The zero-order valence-electron chi connectivity index (χ0n) is 10.1. The van der Waals surface area contributed by atoms with Crippen molar-refractivity contribution in [2.45, 2.75) is 26.7 Å². The van der Waals surface area contributed by atoms with Gasteiger partial charge in [-0.3, -0.25) is 0 Å². The van der Waals surface area contributed by atoms with E-state index < -0.39 is 10.0 Å². The van der Waals surface area contributed by atoms with Crippen LogP contribution < -0.4 is 5.14 Å². The van der Waals surface area contributed by atoms with Crippen LogP contribution in [0.4, 0.5) is 0 Å². The Morgan fingerprint density at radius 3 is 2.25 bits per heavy atom. The molecule has 1 atom stereocenters. The smallest absolute Gasteiger partial charge is 0.209 e. The zero-order chi connectivity index (χ0) is 12.4. The maximum atomic E-state index is 10.9. The highest BCUT2D eigenvalue weighted by atomic mass is 32.2. The lowest BCUT2D eigenvalue weighted by Crippen LogP contribution is -2.26. The molecule has 6 heteroatoms. The van der Waals surface area contributed by atoms with Gasteiger partial charge in [0, 0.05) is 6.61 Å². The lowest BCUT2D eigenvalue weighted by Gasteiger charge is -2.13. The average molecular weight is 253 g/mol. The fourth-order valence-corrected chi connectivity index (χ4v) is 2.22. The summed E-state index contributed by atoms with van der Waals surface area (Å²) in [7, 11) is -3.40. The van der Waals surface area contributed by atoms with Gasteiger partial charge in [-0.25, -0.2) is 13.6 Å². The minimum absolute atomic E-state index is 0.0146. The van der Waals surface area contributed by atoms with Crippen LogP contribution in [-0.2, 0) is 19.5 Å². The van der Waals surface area contributed by atoms with Gasteiger partial charge in [0.05, 0.1) is 25.6 Å². The van der Waals surface area contributed by atoms with E-state index in [1.54, 1.807) is 0 Å². The quantitative estimate of drug-likeness (QED) is 0.583. The fourth-order valence-electron chi connectivity index (χ4n) is 1.23. The van der Waals surface area contributed by atoms with Gasteiger partial charge in [0.15, 0.2) is 0 Å². The monoisotopic (exact) mass is 253 g/mol. The van der Waals surface area contributed by atoms with E-state index in [9.17, 15) is 8.42 Å². The molecular formula is C10H23NO4S. The van der Waals surface area contributed by atoms with Crippen LogP contribution in [-0.4, -0.2) is 40.6 Å². The third-order valence-corrected chi connectivity index (χ3v) is 3.06. The van der Waals surface area contributed by atoms with Crippen molar-refractivity contribution in [3.8, 4) is 0 Å². The predicted octanol–water partition coefficient (Wildman–Crippen LogP) is 0.744. The second kappa shape index (κ2) is 8.92. The first-order chi connectivity index (χ1) is 7.49. The van der Waals surface area contributed by atoms with Gasteiger partial charge >= 0.3 is 0 Å². The van der Waals surface area contributed by atoms with Crippen molar-refractivity contribution in [3.05, 3.63) is 0 Å². The molecule has 0 saturated heterocycles. The number of hydrogen-bond acceptors (Lipinski definition) is 4. The van der Waals surface area contributed by atoms with E-state index in [1.165, 1.54) is 0 Å². The highest BCUT2D eigenvalue weighted by Crippen LogP contribution is 2.05. The first-order valence-corrected chi connectivity index (χ1v) is 7.37. The third-order valence-electron chi connectivity index (χ3n) is 2.12. The number of ether oxygens (including phenoxy) is 2. The Kier molecular flexibility index (Phi) is 8.83. The van der Waals surface area contributed by atoms with Gasteiger partial charge in [-0.05, 0) is 12.3 Å². The summed E-state index contributed by atoms with van der Waals surface area (Å²) in [6.45, 7) is 6.17. The maximum Gasteiger partial charge on any atom is 0.209 e. The predicted molar refractivity (Wildman–Crippen MR) is 63.7 cm³/mol. The Morgan fingerprint density at radius 1 is 1.12 bits per heavy atom. The molecule has 0 spiro atoms. The van der Waals surface area contributed by atoms with Gasteiger partial charge in [-0.2, -0.15) is 0 Å². The van der Waals surface area contributed by atoms with Gasteiger partial charge < -0.3 is 9.47 Å². The molecule has 0 aliphatic rings. The summed E-state index contributed by atoms with van der Waals surface area (Å²) >= 11 is 0. The third kappa shape index (κ3) is 10.4. The van der Waals surface area contributed by atoms with Crippen molar-refractivity contribution in [2.24, 2.45) is 11.1 Å². The van der Waals surface area contributed by atoms with Gasteiger partial charge in [0.2, 0.25) is 10.0 Å². The minimum Gasteiger partial charge on any atom is -0.379 e. The van der Waals surface area contributed by atoms with Crippen LogP contribution in [0.25, 0.3) is 0 Å². The lowest BCUT2D eigenvalue weighted by atomic mass is 10.1. The van der Waals surface area contributed by atoms with Crippen LogP contribution in [0, 0.1) is 5.92 Å². The Bertz CT molecular complexity index is 254. The number of rotatable bonds is 10. The van der Waals surface area contributed by atoms with Crippen LogP contribution in [0.3, 0.4) is 0 Å². The Morgan fingerprint density at radius 2 is 1.75 bits per heavy atom. The van der Waals surface area contributed by atoms with Gasteiger partial charge in [-0.15, -0.1) is 0 Å². The first kappa shape index (κ1) is 15.8. The molecule has 0 aromatic rings. The largest absolute Gasteiger partial charge is 0.379 e. The molecule has 0 rings (SSSR count). The lowest BCUT2D eigenvalue weighted by molar-refractivity contribution is 0.0358. The summed E-state index contributed by atoms with van der Waals surface area (Å²) in [4.78, 5) is 0. The van der Waals surface area contributed by atoms with Crippen molar-refractivity contribution in [1.29, 1.82) is 0 Å². The molecule has 0 aliphatic heterocycles. The van der Waals surface area contributed by atoms with Crippen molar-refractivity contribution in [2.75, 3.05) is 32.2 Å². The SMILES string of the molecule is CCCOCCOCC(CC)CS(N)(=O)=O. The number of hydrogen-bond donors (Lipinski definition) is 1. The molecule has 0 fully saturated rings. The number of sulfonamides is 1. The molecule has 0 bridgehead atoms. The van der Waals surface area contributed by atoms with Crippen molar-refractivity contribution >= 4 is 10.0 Å². The summed E-state index contributed by atoms with van der Waals surface area (Å²) in [6, 6.07) is 0. The van der Waals surface area contributed by atoms with Crippen LogP contribution in [0.15, 0.2) is 0 Å². The molecule has 0 amide bonds.